The minimum Gasteiger partial charge on any atom is -0.749 e. The van der Waals surface area contributed by atoms with Gasteiger partial charge >= 0.3 is 59.1 Å². The Morgan fingerprint density at radius 1 is 1.50 bits per heavy atom. The summed E-state index contributed by atoms with van der Waals surface area (Å²) in [5, 5.41) is 0. The van der Waals surface area contributed by atoms with Gasteiger partial charge in [0.1, 0.15) is 0 Å². The standard InChI is InChI=1S/2Na.H2O5S3/c;;1-7(2)5-8(3,4)6/h;;(H,1,2)(H,3,4,6)/q2*+1;/p-2. The molecule has 10 heavy (non-hydrogen) atoms. The van der Waals surface area contributed by atoms with Crippen LogP contribution in [-0.2, 0) is 35.2 Å². The second kappa shape index (κ2) is 8.02. The third-order valence-electron chi connectivity index (χ3n) is 0.139. The molecule has 0 fully saturated rings. The van der Waals surface area contributed by atoms with E-state index in [-0.39, 0.29) is 59.1 Å². The molecule has 0 heterocycles. The molecular formula is Na2O5S3. The Labute approximate surface area is 110 Å². The summed E-state index contributed by atoms with van der Waals surface area (Å²) in [4.78, 5) is 0. The van der Waals surface area contributed by atoms with Crippen LogP contribution >= 0.6 is 0 Å². The van der Waals surface area contributed by atoms with Crippen LogP contribution in [0.15, 0.2) is 0 Å². The van der Waals surface area contributed by atoms with E-state index in [0.29, 0.717) is 0 Å². The molecule has 0 aromatic heterocycles. The van der Waals surface area contributed by atoms with E-state index in [2.05, 4.69) is 14.8 Å². The van der Waals surface area contributed by atoms with Crippen LogP contribution in [0.25, 0.3) is 0 Å². The Bertz CT molecular complexity index is 181. The molecule has 2 atom stereocenters. The molecule has 2 unspecified atom stereocenters. The second-order valence-corrected chi connectivity index (χ2v) is 3.67. The molecule has 0 aromatic rings. The molecule has 0 rings (SSSR count). The van der Waals surface area contributed by atoms with Gasteiger partial charge < -0.3 is 9.11 Å². The Hall–Kier alpha value is 2.40. The van der Waals surface area contributed by atoms with Crippen LogP contribution < -0.4 is 59.1 Å². The first-order chi connectivity index (χ1) is 3.42. The van der Waals surface area contributed by atoms with Crippen LogP contribution in [0.1, 0.15) is 0 Å². The Kier molecular flexibility index (Phi) is 14.6. The van der Waals surface area contributed by atoms with Gasteiger partial charge in [-0.3, -0.25) is 0 Å². The topological polar surface area (TPSA) is 89.5 Å². The van der Waals surface area contributed by atoms with Crippen molar-refractivity contribution in [1.82, 2.24) is 0 Å². The van der Waals surface area contributed by atoms with Crippen molar-refractivity contribution in [2.75, 3.05) is 0 Å². The fraction of sp³-hybridized carbons (Fsp3) is 0. The summed E-state index contributed by atoms with van der Waals surface area (Å²) in [5.74, 6) is 0. The first kappa shape index (κ1) is 18.2. The minimum atomic E-state index is -4.25. The summed E-state index contributed by atoms with van der Waals surface area (Å²) in [6.45, 7) is 0. The van der Waals surface area contributed by atoms with Crippen LogP contribution in [0, 0.1) is 0 Å². The first-order valence-electron chi connectivity index (χ1n) is 1.17. The third-order valence-corrected chi connectivity index (χ3v) is 1.75. The van der Waals surface area contributed by atoms with Crippen molar-refractivity contribution in [3.05, 3.63) is 0 Å². The van der Waals surface area contributed by atoms with Gasteiger partial charge in [-0.25, -0.2) is 12.0 Å². The molecular weight excluding hydrogens is 222 g/mol. The van der Waals surface area contributed by atoms with E-state index >= 15 is 0 Å². The van der Waals surface area contributed by atoms with Gasteiger partial charge in [0.2, 0.25) is 0 Å². The quantitative estimate of drug-likeness (QED) is 0.340. The van der Waals surface area contributed by atoms with Gasteiger partial charge in [-0.1, -0.05) is 0 Å². The number of rotatable bonds is 2. The van der Waals surface area contributed by atoms with E-state index in [0.717, 1.165) is 0 Å². The van der Waals surface area contributed by atoms with Gasteiger partial charge in [0.05, 0.1) is 20.4 Å². The molecule has 0 aliphatic rings. The SMILES string of the molecule is O=S([O-])OS(=O)([O-])=S.[Na+].[Na+]. The average molecular weight is 222 g/mol. The zero-order valence-electron chi connectivity index (χ0n) is 5.27. The summed E-state index contributed by atoms with van der Waals surface area (Å²) in [6, 6.07) is 0. The van der Waals surface area contributed by atoms with Crippen molar-refractivity contribution in [2.45, 2.75) is 0 Å². The first-order valence-corrected chi connectivity index (χ1v) is 4.50. The molecule has 50 valence electrons. The van der Waals surface area contributed by atoms with Crippen LogP contribution in [0.4, 0.5) is 0 Å². The van der Waals surface area contributed by atoms with Crippen molar-refractivity contribution in [1.29, 1.82) is 0 Å². The van der Waals surface area contributed by atoms with E-state index in [1.165, 1.54) is 0 Å². The summed E-state index contributed by atoms with van der Waals surface area (Å²) in [6.07, 6.45) is 0. The Morgan fingerprint density at radius 3 is 1.80 bits per heavy atom. The van der Waals surface area contributed by atoms with Gasteiger partial charge in [0.15, 0.2) is 0 Å². The fourth-order valence-corrected chi connectivity index (χ4v) is 1.02. The minimum absolute atomic E-state index is 0. The van der Waals surface area contributed by atoms with Crippen molar-refractivity contribution < 1.29 is 80.3 Å². The smallest absolute Gasteiger partial charge is 0.749 e. The normalized spacial score (nSPS) is 17.4. The molecule has 0 radical (unpaired) electrons. The van der Waals surface area contributed by atoms with E-state index in [9.17, 15) is 17.5 Å². The van der Waals surface area contributed by atoms with Gasteiger partial charge in [-0.15, -0.1) is 0 Å². The van der Waals surface area contributed by atoms with E-state index in [4.69, 9.17) is 0 Å². The Morgan fingerprint density at radius 2 is 1.80 bits per heavy atom. The molecule has 0 saturated carbocycles. The van der Waals surface area contributed by atoms with Gasteiger partial charge in [0.25, 0.3) is 0 Å². The van der Waals surface area contributed by atoms with Gasteiger partial charge in [0, 0.05) is 0 Å². The van der Waals surface area contributed by atoms with E-state index < -0.39 is 20.4 Å². The average Bonchev–Trinajstić information content (AvgIpc) is 1.21. The second-order valence-electron chi connectivity index (χ2n) is 0.680. The number of hydrogen-bond donors (Lipinski definition) is 0. The Balaban J connectivity index is -0.000000245. The molecule has 0 bridgehead atoms. The van der Waals surface area contributed by atoms with Gasteiger partial charge in [-0.05, 0) is 11.2 Å². The maximum absolute atomic E-state index is 9.64. The van der Waals surface area contributed by atoms with Gasteiger partial charge in [-0.2, -0.15) is 0 Å². The monoisotopic (exact) mass is 222 g/mol. The maximum atomic E-state index is 9.64. The predicted molar refractivity (Wildman–Crippen MR) is 26.3 cm³/mol. The van der Waals surface area contributed by atoms with E-state index in [1.807, 2.05) is 0 Å². The summed E-state index contributed by atoms with van der Waals surface area (Å²) >= 11 is 0.441. The molecule has 0 aliphatic heterocycles. The summed E-state index contributed by atoms with van der Waals surface area (Å²) in [7, 11) is -4.25. The summed E-state index contributed by atoms with van der Waals surface area (Å²) < 4.78 is 41.1. The zero-order chi connectivity index (χ0) is 6.78. The zero-order valence-corrected chi connectivity index (χ0v) is 11.7. The fourth-order valence-electron chi connectivity index (χ4n) is 0.0680. The number of hydrogen-bond acceptors (Lipinski definition) is 6. The third kappa shape index (κ3) is 16.8. The van der Waals surface area contributed by atoms with Crippen LogP contribution in [0.2, 0.25) is 0 Å². The maximum Gasteiger partial charge on any atom is 1.00 e. The predicted octanol–water partition coefficient (Wildman–Crippen LogP) is -7.40. The molecule has 0 amide bonds. The molecule has 5 nitrogen and oxygen atoms in total. The van der Waals surface area contributed by atoms with Crippen LogP contribution in [-0.4, -0.2) is 17.5 Å². The molecule has 0 aliphatic carbocycles. The molecule has 10 heteroatoms. The summed E-state index contributed by atoms with van der Waals surface area (Å²) in [5.41, 5.74) is 0. The molecule has 0 N–H and O–H groups in total. The molecule has 0 saturated heterocycles. The molecule has 0 aromatic carbocycles. The van der Waals surface area contributed by atoms with E-state index in [1.54, 1.807) is 0 Å². The molecule has 0 spiro atoms. The van der Waals surface area contributed by atoms with Crippen LogP contribution in [0.3, 0.4) is 0 Å². The van der Waals surface area contributed by atoms with Crippen molar-refractivity contribution in [3.63, 3.8) is 0 Å². The largest absolute Gasteiger partial charge is 1.00 e. The van der Waals surface area contributed by atoms with Crippen molar-refractivity contribution in [3.8, 4) is 0 Å². The van der Waals surface area contributed by atoms with Crippen molar-refractivity contribution >= 4 is 31.6 Å². The van der Waals surface area contributed by atoms with Crippen molar-refractivity contribution in [2.24, 2.45) is 0 Å². The van der Waals surface area contributed by atoms with Crippen LogP contribution in [0.5, 0.6) is 0 Å².